The smallest absolute Gasteiger partial charge is 0.276 e. The van der Waals surface area contributed by atoms with Crippen molar-refractivity contribution in [1.29, 1.82) is 0 Å². The van der Waals surface area contributed by atoms with Crippen molar-refractivity contribution in [2.24, 2.45) is 5.10 Å². The van der Waals surface area contributed by atoms with Crippen LogP contribution in [0.2, 0.25) is 5.02 Å². The zero-order valence-corrected chi connectivity index (χ0v) is 15.0. The van der Waals surface area contributed by atoms with Crippen molar-refractivity contribution < 1.29 is 9.18 Å². The third kappa shape index (κ3) is 3.27. The standard InChI is InChI=1S/C18H14ClFN4OS/c19-13-6-4-12(5-7-13)11-26-18-22-21-16-17(25)23(8-9-24(16)18)15-3-1-2-14(20)10-15/h1-10,16,21H,11H2. The maximum Gasteiger partial charge on any atom is 0.276 e. The molecule has 4 rings (SSSR count). The van der Waals surface area contributed by atoms with Gasteiger partial charge in [0.2, 0.25) is 6.17 Å². The van der Waals surface area contributed by atoms with Crippen molar-refractivity contribution in [3.8, 4) is 0 Å². The summed E-state index contributed by atoms with van der Waals surface area (Å²) in [7, 11) is 0. The summed E-state index contributed by atoms with van der Waals surface area (Å²) in [6, 6.07) is 13.5. The Hall–Kier alpha value is -2.51. The van der Waals surface area contributed by atoms with Gasteiger partial charge in [-0.1, -0.05) is 41.6 Å². The summed E-state index contributed by atoms with van der Waals surface area (Å²) in [5.74, 6) is 0.0983. The van der Waals surface area contributed by atoms with Gasteiger partial charge in [-0.2, -0.15) is 5.10 Å². The van der Waals surface area contributed by atoms with Gasteiger partial charge in [-0.05, 0) is 35.9 Å². The lowest BCUT2D eigenvalue weighted by Crippen LogP contribution is -2.52. The molecule has 2 aliphatic heterocycles. The van der Waals surface area contributed by atoms with E-state index in [1.807, 2.05) is 24.3 Å². The topological polar surface area (TPSA) is 47.9 Å². The Morgan fingerprint density at radius 1 is 1.19 bits per heavy atom. The number of carbonyl (C=O) groups excluding carboxylic acids is 1. The first-order valence-electron chi connectivity index (χ1n) is 7.87. The number of thioether (sulfide) groups is 1. The van der Waals surface area contributed by atoms with Crippen LogP contribution in [0.15, 0.2) is 66.0 Å². The minimum atomic E-state index is -0.629. The predicted octanol–water partition coefficient (Wildman–Crippen LogP) is 3.73. The number of halogens is 2. The van der Waals surface area contributed by atoms with E-state index in [0.717, 1.165) is 5.56 Å². The maximum absolute atomic E-state index is 13.4. The van der Waals surface area contributed by atoms with Gasteiger partial charge in [-0.3, -0.25) is 20.0 Å². The molecule has 2 aromatic rings. The lowest BCUT2D eigenvalue weighted by molar-refractivity contribution is -0.122. The molecule has 1 amide bonds. The van der Waals surface area contributed by atoms with Crippen LogP contribution in [0.4, 0.5) is 10.1 Å². The molecular weight excluding hydrogens is 375 g/mol. The minimum absolute atomic E-state index is 0.219. The van der Waals surface area contributed by atoms with Gasteiger partial charge in [0.1, 0.15) is 5.82 Å². The molecule has 0 aliphatic carbocycles. The van der Waals surface area contributed by atoms with E-state index in [1.54, 1.807) is 29.4 Å². The van der Waals surface area contributed by atoms with E-state index in [-0.39, 0.29) is 11.7 Å². The van der Waals surface area contributed by atoms with E-state index >= 15 is 0 Å². The number of nitrogens with zero attached hydrogens (tertiary/aromatic N) is 3. The van der Waals surface area contributed by atoms with E-state index in [2.05, 4.69) is 10.5 Å². The first kappa shape index (κ1) is 16.9. The summed E-state index contributed by atoms with van der Waals surface area (Å²) in [4.78, 5) is 15.9. The van der Waals surface area contributed by atoms with E-state index in [0.29, 0.717) is 21.6 Å². The Morgan fingerprint density at radius 3 is 2.77 bits per heavy atom. The number of amidine groups is 1. The molecule has 0 spiro atoms. The van der Waals surface area contributed by atoms with Gasteiger partial charge in [-0.15, -0.1) is 0 Å². The number of hydrogen-bond acceptors (Lipinski definition) is 5. The monoisotopic (exact) mass is 388 g/mol. The SMILES string of the molecule is O=C1C2NN=C(SCc3ccc(Cl)cc3)N2C=CN1c1cccc(F)c1. The molecule has 5 nitrogen and oxygen atoms in total. The molecule has 0 fully saturated rings. The average Bonchev–Trinajstić information content (AvgIpc) is 3.05. The van der Waals surface area contributed by atoms with Crippen LogP contribution in [0.3, 0.4) is 0 Å². The van der Waals surface area contributed by atoms with Crippen molar-refractivity contribution in [1.82, 2.24) is 10.3 Å². The van der Waals surface area contributed by atoms with Crippen LogP contribution in [-0.2, 0) is 10.5 Å². The number of nitrogens with one attached hydrogen (secondary N) is 1. The second-order valence-corrected chi connectivity index (χ2v) is 7.11. The lowest BCUT2D eigenvalue weighted by atomic mass is 10.2. The quantitative estimate of drug-likeness (QED) is 0.870. The molecule has 8 heteroatoms. The molecule has 2 aromatic carbocycles. The highest BCUT2D eigenvalue weighted by molar-refractivity contribution is 8.13. The first-order valence-corrected chi connectivity index (χ1v) is 9.24. The molecule has 132 valence electrons. The van der Waals surface area contributed by atoms with Gasteiger partial charge in [0.05, 0.1) is 5.69 Å². The predicted molar refractivity (Wildman–Crippen MR) is 102 cm³/mol. The molecule has 0 radical (unpaired) electrons. The van der Waals surface area contributed by atoms with Crippen LogP contribution in [0.5, 0.6) is 0 Å². The van der Waals surface area contributed by atoms with E-state index in [4.69, 9.17) is 11.6 Å². The van der Waals surface area contributed by atoms with Gasteiger partial charge >= 0.3 is 0 Å². The van der Waals surface area contributed by atoms with Crippen molar-refractivity contribution in [3.05, 3.63) is 77.3 Å². The largest absolute Gasteiger partial charge is 0.294 e. The fraction of sp³-hybridized carbons (Fsp3) is 0.111. The van der Waals surface area contributed by atoms with Crippen LogP contribution in [0.1, 0.15) is 5.56 Å². The van der Waals surface area contributed by atoms with Crippen LogP contribution >= 0.6 is 23.4 Å². The molecule has 26 heavy (non-hydrogen) atoms. The molecular formula is C18H14ClFN4OS. The van der Waals surface area contributed by atoms with Crippen LogP contribution in [0.25, 0.3) is 0 Å². The van der Waals surface area contributed by atoms with Crippen LogP contribution in [-0.4, -0.2) is 22.1 Å². The summed E-state index contributed by atoms with van der Waals surface area (Å²) in [6.45, 7) is 0. The fourth-order valence-corrected chi connectivity index (χ4v) is 3.74. The summed E-state index contributed by atoms with van der Waals surface area (Å²) in [5.41, 5.74) is 4.45. The normalized spacial score (nSPS) is 18.6. The Kier molecular flexibility index (Phi) is 4.57. The second-order valence-electron chi connectivity index (χ2n) is 5.73. The molecule has 0 aromatic heterocycles. The molecule has 1 unspecified atom stereocenters. The molecule has 0 saturated heterocycles. The fourth-order valence-electron chi connectivity index (χ4n) is 2.69. The first-order chi connectivity index (χ1) is 12.6. The van der Waals surface area contributed by atoms with Gasteiger partial charge in [0, 0.05) is 23.2 Å². The minimum Gasteiger partial charge on any atom is -0.294 e. The van der Waals surface area contributed by atoms with E-state index in [9.17, 15) is 9.18 Å². The van der Waals surface area contributed by atoms with Crippen molar-refractivity contribution in [2.75, 3.05) is 4.90 Å². The average molecular weight is 389 g/mol. The Balaban J connectivity index is 1.47. The number of anilines is 1. The highest BCUT2D eigenvalue weighted by Gasteiger charge is 2.38. The highest BCUT2D eigenvalue weighted by atomic mass is 35.5. The van der Waals surface area contributed by atoms with Gasteiger partial charge in [-0.25, -0.2) is 4.39 Å². The molecule has 2 aliphatic rings. The third-order valence-corrected chi connectivity index (χ3v) is 5.29. The maximum atomic E-state index is 13.4. The third-order valence-electron chi connectivity index (χ3n) is 4.00. The summed E-state index contributed by atoms with van der Waals surface area (Å²) >= 11 is 7.42. The molecule has 1 atom stereocenters. The zero-order valence-electron chi connectivity index (χ0n) is 13.5. The van der Waals surface area contributed by atoms with Crippen molar-refractivity contribution >= 4 is 40.1 Å². The highest BCUT2D eigenvalue weighted by Crippen LogP contribution is 2.27. The summed E-state index contributed by atoms with van der Waals surface area (Å²) < 4.78 is 13.4. The number of fused-ring (bicyclic) bond motifs is 1. The van der Waals surface area contributed by atoms with E-state index in [1.165, 1.54) is 28.8 Å². The van der Waals surface area contributed by atoms with Gasteiger partial charge in [0.25, 0.3) is 5.91 Å². The molecule has 1 N–H and O–H groups in total. The number of benzene rings is 2. The Labute approximate surface area is 159 Å². The van der Waals surface area contributed by atoms with Gasteiger partial charge < -0.3 is 0 Å². The number of amides is 1. The lowest BCUT2D eigenvalue weighted by Gasteiger charge is -2.31. The van der Waals surface area contributed by atoms with E-state index < -0.39 is 6.17 Å². The Morgan fingerprint density at radius 2 is 2.00 bits per heavy atom. The Bertz CT molecular complexity index is 902. The van der Waals surface area contributed by atoms with Crippen LogP contribution < -0.4 is 10.3 Å². The van der Waals surface area contributed by atoms with Crippen molar-refractivity contribution in [3.63, 3.8) is 0 Å². The van der Waals surface area contributed by atoms with Crippen LogP contribution in [0, 0.1) is 5.82 Å². The molecule has 2 heterocycles. The molecule has 0 bridgehead atoms. The number of carbonyl (C=O) groups is 1. The second kappa shape index (κ2) is 7.01. The number of hydrogen-bond donors (Lipinski definition) is 1. The summed E-state index contributed by atoms with van der Waals surface area (Å²) in [6.07, 6.45) is 2.76. The number of hydrazone groups is 1. The van der Waals surface area contributed by atoms with Gasteiger partial charge in [0.15, 0.2) is 5.17 Å². The van der Waals surface area contributed by atoms with Crippen molar-refractivity contribution in [2.45, 2.75) is 11.9 Å². The summed E-state index contributed by atoms with van der Waals surface area (Å²) in [5, 5.41) is 5.66. The zero-order chi connectivity index (χ0) is 18.1. The molecule has 0 saturated carbocycles. The number of rotatable bonds is 3.